The molecule has 156 valence electrons. The largest absolute Gasteiger partial charge is 0.370 e. The van der Waals surface area contributed by atoms with Crippen molar-refractivity contribution < 1.29 is 4.79 Å². The van der Waals surface area contributed by atoms with Gasteiger partial charge in [0.15, 0.2) is 5.96 Å². The summed E-state index contributed by atoms with van der Waals surface area (Å²) >= 11 is 2.03. The second kappa shape index (κ2) is 11.8. The Morgan fingerprint density at radius 2 is 1.79 bits per heavy atom. The summed E-state index contributed by atoms with van der Waals surface area (Å²) in [7, 11) is 1.92. The van der Waals surface area contributed by atoms with Crippen LogP contribution in [-0.4, -0.2) is 79.5 Å². The molecule has 1 heterocycles. The van der Waals surface area contributed by atoms with Gasteiger partial charge in [-0.15, -0.1) is 0 Å². The van der Waals surface area contributed by atoms with E-state index in [2.05, 4.69) is 34.5 Å². The van der Waals surface area contributed by atoms with E-state index in [1.54, 1.807) is 0 Å². The zero-order valence-electron chi connectivity index (χ0n) is 17.8. The van der Waals surface area contributed by atoms with Crippen LogP contribution in [0.2, 0.25) is 0 Å². The van der Waals surface area contributed by atoms with Gasteiger partial charge in [-0.2, -0.15) is 11.8 Å². The Balaban J connectivity index is 1.98. The monoisotopic (exact) mass is 405 g/mol. The maximum absolute atomic E-state index is 12.4. The first-order valence-electron chi connectivity index (χ1n) is 10.3. The van der Waals surface area contributed by atoms with Crippen LogP contribution in [0.5, 0.6) is 0 Å². The van der Waals surface area contributed by atoms with E-state index in [0.717, 1.165) is 38.7 Å². The molecule has 1 fully saturated rings. The highest BCUT2D eigenvalue weighted by Crippen LogP contribution is 2.20. The van der Waals surface area contributed by atoms with Gasteiger partial charge in [0, 0.05) is 57.0 Å². The minimum Gasteiger partial charge on any atom is -0.370 e. The molecule has 6 nitrogen and oxygen atoms in total. The number of guanidine groups is 1. The highest BCUT2D eigenvalue weighted by atomic mass is 32.2. The molecule has 0 radical (unpaired) electrons. The molecule has 1 aliphatic heterocycles. The number of aliphatic imine (C=N–C) groups is 1. The predicted octanol–water partition coefficient (Wildman–Crippen LogP) is 2.51. The second-order valence-electron chi connectivity index (χ2n) is 6.86. The summed E-state index contributed by atoms with van der Waals surface area (Å²) in [5.41, 5.74) is 2.47. The molecule has 1 aliphatic rings. The molecule has 1 N–H and O–H groups in total. The third-order valence-corrected chi connectivity index (χ3v) is 5.85. The van der Waals surface area contributed by atoms with Crippen molar-refractivity contribution in [2.45, 2.75) is 27.3 Å². The Morgan fingerprint density at radius 3 is 2.36 bits per heavy atom. The molecular weight excluding hydrogens is 370 g/mol. The van der Waals surface area contributed by atoms with Crippen LogP contribution in [0.15, 0.2) is 29.3 Å². The highest BCUT2D eigenvalue weighted by molar-refractivity contribution is 7.99. The van der Waals surface area contributed by atoms with Gasteiger partial charge in [-0.25, -0.2) is 4.99 Å². The Hall–Kier alpha value is -1.89. The number of likely N-dealkylation sites (N-methyl/N-ethyl adjacent to an activating group) is 2. The summed E-state index contributed by atoms with van der Waals surface area (Å²) in [6, 6.07) is 8.71. The first-order chi connectivity index (χ1) is 13.6. The van der Waals surface area contributed by atoms with Gasteiger partial charge in [0.1, 0.15) is 0 Å². The molecule has 0 aromatic heterocycles. The SMILES string of the molecule is CCNC(=NCc1ccc(N2CCSCC2)cc1)N(C)CC(=O)N(CC)CC. The normalized spacial score (nSPS) is 14.7. The number of nitrogens with one attached hydrogen (secondary N) is 1. The van der Waals surface area contributed by atoms with Crippen LogP contribution in [0.1, 0.15) is 26.3 Å². The Labute approximate surface area is 174 Å². The number of benzene rings is 1. The predicted molar refractivity (Wildman–Crippen MR) is 121 cm³/mol. The molecule has 0 bridgehead atoms. The van der Waals surface area contributed by atoms with Crippen molar-refractivity contribution in [1.82, 2.24) is 15.1 Å². The van der Waals surface area contributed by atoms with Gasteiger partial charge in [0.2, 0.25) is 5.91 Å². The molecule has 2 rings (SSSR count). The van der Waals surface area contributed by atoms with Crippen molar-refractivity contribution >= 4 is 29.3 Å². The van der Waals surface area contributed by atoms with E-state index in [0.29, 0.717) is 13.1 Å². The maximum Gasteiger partial charge on any atom is 0.242 e. The fourth-order valence-corrected chi connectivity index (χ4v) is 4.13. The number of nitrogens with zero attached hydrogens (tertiary/aromatic N) is 4. The maximum atomic E-state index is 12.4. The van der Waals surface area contributed by atoms with Gasteiger partial charge in [0.25, 0.3) is 0 Å². The van der Waals surface area contributed by atoms with Crippen molar-refractivity contribution in [2.75, 3.05) is 62.7 Å². The van der Waals surface area contributed by atoms with Crippen LogP contribution in [-0.2, 0) is 11.3 Å². The van der Waals surface area contributed by atoms with Crippen LogP contribution in [0.3, 0.4) is 0 Å². The Morgan fingerprint density at radius 1 is 1.14 bits per heavy atom. The Bertz CT molecular complexity index is 624. The van der Waals surface area contributed by atoms with Gasteiger partial charge >= 0.3 is 0 Å². The Kier molecular flexibility index (Phi) is 9.47. The standard InChI is InChI=1S/C21H35N5OS/c1-5-22-21(24(4)17-20(27)25(6-2)7-3)23-16-18-8-10-19(11-9-18)26-12-14-28-15-13-26/h8-11H,5-7,12-17H2,1-4H3,(H,22,23). The average Bonchev–Trinajstić information content (AvgIpc) is 2.73. The minimum absolute atomic E-state index is 0.127. The minimum atomic E-state index is 0.127. The molecule has 0 atom stereocenters. The lowest BCUT2D eigenvalue weighted by Gasteiger charge is -2.28. The zero-order chi connectivity index (χ0) is 20.4. The smallest absolute Gasteiger partial charge is 0.242 e. The molecule has 7 heteroatoms. The van der Waals surface area contributed by atoms with E-state index in [-0.39, 0.29) is 5.91 Å². The third kappa shape index (κ3) is 6.62. The molecule has 0 unspecified atom stereocenters. The van der Waals surface area contributed by atoms with Crippen LogP contribution in [0, 0.1) is 0 Å². The van der Waals surface area contributed by atoms with E-state index in [1.165, 1.54) is 22.8 Å². The number of anilines is 1. The van der Waals surface area contributed by atoms with Crippen molar-refractivity contribution in [2.24, 2.45) is 4.99 Å². The van der Waals surface area contributed by atoms with Crippen LogP contribution in [0.25, 0.3) is 0 Å². The van der Waals surface area contributed by atoms with Gasteiger partial charge in [-0.1, -0.05) is 12.1 Å². The summed E-state index contributed by atoms with van der Waals surface area (Å²) in [5, 5.41) is 3.29. The van der Waals surface area contributed by atoms with Gasteiger partial charge in [0.05, 0.1) is 13.1 Å². The fraction of sp³-hybridized carbons (Fsp3) is 0.619. The molecule has 1 amide bonds. The van der Waals surface area contributed by atoms with Crippen molar-refractivity contribution in [3.8, 4) is 0 Å². The lowest BCUT2D eigenvalue weighted by Crippen LogP contribution is -2.45. The van der Waals surface area contributed by atoms with Crippen molar-refractivity contribution in [3.05, 3.63) is 29.8 Å². The lowest BCUT2D eigenvalue weighted by atomic mass is 10.2. The summed E-state index contributed by atoms with van der Waals surface area (Å²) in [4.78, 5) is 23.3. The molecule has 0 aliphatic carbocycles. The van der Waals surface area contributed by atoms with Crippen molar-refractivity contribution in [1.29, 1.82) is 0 Å². The lowest BCUT2D eigenvalue weighted by molar-refractivity contribution is -0.131. The zero-order valence-corrected chi connectivity index (χ0v) is 18.6. The number of hydrogen-bond donors (Lipinski definition) is 1. The van der Waals surface area contributed by atoms with E-state index >= 15 is 0 Å². The number of hydrogen-bond acceptors (Lipinski definition) is 4. The molecule has 1 aromatic carbocycles. The van der Waals surface area contributed by atoms with E-state index in [4.69, 9.17) is 4.99 Å². The van der Waals surface area contributed by atoms with E-state index < -0.39 is 0 Å². The summed E-state index contributed by atoms with van der Waals surface area (Å²) < 4.78 is 0. The van der Waals surface area contributed by atoms with Crippen molar-refractivity contribution in [3.63, 3.8) is 0 Å². The molecule has 1 saturated heterocycles. The van der Waals surface area contributed by atoms with Gasteiger partial charge in [-0.3, -0.25) is 4.79 Å². The van der Waals surface area contributed by atoms with Crippen LogP contribution < -0.4 is 10.2 Å². The van der Waals surface area contributed by atoms with Gasteiger partial charge < -0.3 is 20.0 Å². The topological polar surface area (TPSA) is 51.2 Å². The summed E-state index contributed by atoms with van der Waals surface area (Å²) in [6.45, 7) is 11.5. The fourth-order valence-electron chi connectivity index (χ4n) is 3.22. The van der Waals surface area contributed by atoms with E-state index in [1.807, 2.05) is 49.4 Å². The molecule has 0 spiro atoms. The van der Waals surface area contributed by atoms with Crippen LogP contribution in [0.4, 0.5) is 5.69 Å². The first kappa shape index (κ1) is 22.4. The average molecular weight is 406 g/mol. The third-order valence-electron chi connectivity index (χ3n) is 4.91. The molecule has 1 aromatic rings. The quantitative estimate of drug-likeness (QED) is 0.532. The number of carbonyl (C=O) groups excluding carboxylic acids is 1. The number of rotatable bonds is 8. The van der Waals surface area contributed by atoms with E-state index in [9.17, 15) is 4.79 Å². The van der Waals surface area contributed by atoms with Gasteiger partial charge in [-0.05, 0) is 38.5 Å². The number of thioether (sulfide) groups is 1. The second-order valence-corrected chi connectivity index (χ2v) is 8.08. The number of carbonyl (C=O) groups is 1. The summed E-state index contributed by atoms with van der Waals surface area (Å²) in [6.07, 6.45) is 0. The molecule has 28 heavy (non-hydrogen) atoms. The first-order valence-corrected chi connectivity index (χ1v) is 11.4. The van der Waals surface area contributed by atoms with Crippen LogP contribution >= 0.6 is 11.8 Å². The molecular formula is C21H35N5OS. The number of amides is 1. The highest BCUT2D eigenvalue weighted by Gasteiger charge is 2.15. The molecule has 0 saturated carbocycles. The summed E-state index contributed by atoms with van der Waals surface area (Å²) in [5.74, 6) is 3.30.